The summed E-state index contributed by atoms with van der Waals surface area (Å²) >= 11 is 0. The van der Waals surface area contributed by atoms with Gasteiger partial charge in [0.2, 0.25) is 0 Å². The number of alkyl halides is 3. The SMILES string of the molecule is O=C(NCCCC(F)(F)F)c1cc(O)ccc1O. The molecule has 0 aliphatic heterocycles. The van der Waals surface area contributed by atoms with Gasteiger partial charge in [0.1, 0.15) is 11.5 Å². The lowest BCUT2D eigenvalue weighted by Gasteiger charge is -2.08. The first-order valence-corrected chi connectivity index (χ1v) is 5.16. The molecule has 1 aromatic carbocycles. The molecular weight excluding hydrogens is 251 g/mol. The Balaban J connectivity index is 2.48. The van der Waals surface area contributed by atoms with Crippen LogP contribution in [0, 0.1) is 0 Å². The van der Waals surface area contributed by atoms with Crippen molar-refractivity contribution >= 4 is 5.91 Å². The standard InChI is InChI=1S/C11H12F3NO3/c12-11(13,14)4-1-5-15-10(18)8-6-7(16)2-3-9(8)17/h2-3,6,16-17H,1,4-5H2,(H,15,18). The average Bonchev–Trinajstić information content (AvgIpc) is 2.26. The average molecular weight is 263 g/mol. The largest absolute Gasteiger partial charge is 0.508 e. The fourth-order valence-electron chi connectivity index (χ4n) is 1.29. The van der Waals surface area contributed by atoms with Crippen molar-refractivity contribution in [3.05, 3.63) is 23.8 Å². The van der Waals surface area contributed by atoms with Gasteiger partial charge in [-0.1, -0.05) is 0 Å². The quantitative estimate of drug-likeness (QED) is 0.576. The molecule has 0 radical (unpaired) electrons. The minimum atomic E-state index is -4.25. The van der Waals surface area contributed by atoms with E-state index >= 15 is 0 Å². The van der Waals surface area contributed by atoms with Gasteiger partial charge in [-0.15, -0.1) is 0 Å². The smallest absolute Gasteiger partial charge is 0.389 e. The minimum Gasteiger partial charge on any atom is -0.508 e. The van der Waals surface area contributed by atoms with Crippen molar-refractivity contribution in [2.24, 2.45) is 0 Å². The van der Waals surface area contributed by atoms with Gasteiger partial charge in [-0.3, -0.25) is 4.79 Å². The summed E-state index contributed by atoms with van der Waals surface area (Å²) in [6.07, 6.45) is -5.48. The van der Waals surface area contributed by atoms with Gasteiger partial charge in [-0.25, -0.2) is 0 Å². The molecule has 0 unspecified atom stereocenters. The third-order valence-electron chi connectivity index (χ3n) is 2.15. The highest BCUT2D eigenvalue weighted by atomic mass is 19.4. The number of carbonyl (C=O) groups excluding carboxylic acids is 1. The molecule has 7 heteroatoms. The molecule has 0 aliphatic rings. The molecule has 1 amide bonds. The number of halogens is 3. The van der Waals surface area contributed by atoms with Crippen molar-refractivity contribution in [2.75, 3.05) is 6.54 Å². The first-order valence-electron chi connectivity index (χ1n) is 5.16. The van der Waals surface area contributed by atoms with Crippen LogP contribution in [-0.2, 0) is 0 Å². The summed E-state index contributed by atoms with van der Waals surface area (Å²) in [4.78, 5) is 11.5. The monoisotopic (exact) mass is 263 g/mol. The number of benzene rings is 1. The number of phenolic OH excluding ortho intramolecular Hbond substituents is 2. The zero-order chi connectivity index (χ0) is 13.8. The predicted molar refractivity (Wildman–Crippen MR) is 57.4 cm³/mol. The molecule has 1 aromatic rings. The molecule has 0 saturated heterocycles. The Kier molecular flexibility index (Phi) is 4.41. The first kappa shape index (κ1) is 14.1. The van der Waals surface area contributed by atoms with Crippen LogP contribution in [0.3, 0.4) is 0 Å². The van der Waals surface area contributed by atoms with E-state index in [0.29, 0.717) is 0 Å². The lowest BCUT2D eigenvalue weighted by molar-refractivity contribution is -0.135. The van der Waals surface area contributed by atoms with Crippen LogP contribution in [0.2, 0.25) is 0 Å². The fraction of sp³-hybridized carbons (Fsp3) is 0.364. The van der Waals surface area contributed by atoms with Crippen LogP contribution < -0.4 is 5.32 Å². The van der Waals surface area contributed by atoms with E-state index in [2.05, 4.69) is 5.32 Å². The summed E-state index contributed by atoms with van der Waals surface area (Å²) in [5.74, 6) is -1.29. The molecule has 100 valence electrons. The molecule has 4 nitrogen and oxygen atoms in total. The van der Waals surface area contributed by atoms with Crippen LogP contribution in [0.15, 0.2) is 18.2 Å². The topological polar surface area (TPSA) is 69.6 Å². The number of phenols is 2. The molecule has 18 heavy (non-hydrogen) atoms. The van der Waals surface area contributed by atoms with Crippen molar-refractivity contribution in [1.29, 1.82) is 0 Å². The van der Waals surface area contributed by atoms with E-state index in [0.717, 1.165) is 12.1 Å². The lowest BCUT2D eigenvalue weighted by Crippen LogP contribution is -2.25. The maximum absolute atomic E-state index is 11.8. The molecule has 0 atom stereocenters. The molecule has 0 aromatic heterocycles. The zero-order valence-electron chi connectivity index (χ0n) is 9.29. The number of rotatable bonds is 4. The maximum atomic E-state index is 11.8. The normalized spacial score (nSPS) is 11.3. The molecular formula is C11H12F3NO3. The Morgan fingerprint density at radius 1 is 1.28 bits per heavy atom. The summed E-state index contributed by atoms with van der Waals surface area (Å²) in [5, 5.41) is 20.7. The summed E-state index contributed by atoms with van der Waals surface area (Å²) in [6, 6.07) is 3.35. The fourth-order valence-corrected chi connectivity index (χ4v) is 1.29. The van der Waals surface area contributed by atoms with Crippen LogP contribution in [-0.4, -0.2) is 28.8 Å². The number of hydrogen-bond acceptors (Lipinski definition) is 3. The van der Waals surface area contributed by atoms with Crippen LogP contribution in [0.4, 0.5) is 13.2 Å². The highest BCUT2D eigenvalue weighted by Gasteiger charge is 2.26. The van der Waals surface area contributed by atoms with E-state index < -0.39 is 18.5 Å². The molecule has 0 bridgehead atoms. The van der Waals surface area contributed by atoms with Crippen LogP contribution in [0.5, 0.6) is 11.5 Å². The number of hydrogen-bond donors (Lipinski definition) is 3. The van der Waals surface area contributed by atoms with Crippen LogP contribution in [0.25, 0.3) is 0 Å². The second kappa shape index (κ2) is 5.61. The Labute approximate surface area is 101 Å². The summed E-state index contributed by atoms with van der Waals surface area (Å²) in [7, 11) is 0. The Morgan fingerprint density at radius 3 is 2.56 bits per heavy atom. The second-order valence-corrected chi connectivity index (χ2v) is 3.68. The van der Waals surface area contributed by atoms with E-state index in [1.807, 2.05) is 0 Å². The number of amides is 1. The number of aromatic hydroxyl groups is 2. The predicted octanol–water partition coefficient (Wildman–Crippen LogP) is 2.17. The van der Waals surface area contributed by atoms with Crippen molar-refractivity contribution in [3.8, 4) is 11.5 Å². The van der Waals surface area contributed by atoms with Gasteiger partial charge in [-0.05, 0) is 24.6 Å². The van der Waals surface area contributed by atoms with Gasteiger partial charge < -0.3 is 15.5 Å². The Hall–Kier alpha value is -1.92. The Bertz CT molecular complexity index is 432. The number of carbonyl (C=O) groups is 1. The maximum Gasteiger partial charge on any atom is 0.389 e. The van der Waals surface area contributed by atoms with Crippen molar-refractivity contribution in [1.82, 2.24) is 5.32 Å². The molecule has 3 N–H and O–H groups in total. The van der Waals surface area contributed by atoms with Crippen molar-refractivity contribution in [2.45, 2.75) is 19.0 Å². The highest BCUT2D eigenvalue weighted by Crippen LogP contribution is 2.22. The van der Waals surface area contributed by atoms with Gasteiger partial charge in [0.15, 0.2) is 0 Å². The summed E-state index contributed by atoms with van der Waals surface area (Å²) < 4.78 is 35.5. The Morgan fingerprint density at radius 2 is 1.94 bits per heavy atom. The highest BCUT2D eigenvalue weighted by molar-refractivity contribution is 5.97. The van der Waals surface area contributed by atoms with Crippen LogP contribution in [0.1, 0.15) is 23.2 Å². The minimum absolute atomic E-state index is 0.159. The number of nitrogens with one attached hydrogen (secondary N) is 1. The molecule has 0 fully saturated rings. The van der Waals surface area contributed by atoms with Crippen LogP contribution >= 0.6 is 0 Å². The van der Waals surface area contributed by atoms with E-state index in [-0.39, 0.29) is 30.0 Å². The molecule has 1 rings (SSSR count). The second-order valence-electron chi connectivity index (χ2n) is 3.68. The van der Waals surface area contributed by atoms with Gasteiger partial charge in [0, 0.05) is 13.0 Å². The lowest BCUT2D eigenvalue weighted by atomic mass is 10.1. The van der Waals surface area contributed by atoms with Crippen molar-refractivity contribution in [3.63, 3.8) is 0 Å². The van der Waals surface area contributed by atoms with Gasteiger partial charge >= 0.3 is 6.18 Å². The summed E-state index contributed by atoms with van der Waals surface area (Å²) in [5.41, 5.74) is -0.179. The summed E-state index contributed by atoms with van der Waals surface area (Å²) in [6.45, 7) is -0.159. The molecule has 0 saturated carbocycles. The van der Waals surface area contributed by atoms with E-state index in [4.69, 9.17) is 5.11 Å². The molecule has 0 spiro atoms. The van der Waals surface area contributed by atoms with E-state index in [9.17, 15) is 23.1 Å². The van der Waals surface area contributed by atoms with E-state index in [1.165, 1.54) is 6.07 Å². The van der Waals surface area contributed by atoms with Gasteiger partial charge in [-0.2, -0.15) is 13.2 Å². The third kappa shape index (κ3) is 4.52. The molecule has 0 aliphatic carbocycles. The first-order chi connectivity index (χ1) is 8.29. The van der Waals surface area contributed by atoms with Crippen molar-refractivity contribution < 1.29 is 28.2 Å². The zero-order valence-corrected chi connectivity index (χ0v) is 9.29. The molecule has 0 heterocycles. The van der Waals surface area contributed by atoms with E-state index in [1.54, 1.807) is 0 Å². The third-order valence-corrected chi connectivity index (χ3v) is 2.15. The van der Waals surface area contributed by atoms with Gasteiger partial charge in [0.25, 0.3) is 5.91 Å². The van der Waals surface area contributed by atoms with Gasteiger partial charge in [0.05, 0.1) is 5.56 Å².